The molecule has 3 N–H and O–H groups in total. The van der Waals surface area contributed by atoms with Crippen molar-refractivity contribution in [3.8, 4) is 0 Å². The topological polar surface area (TPSA) is 36.9 Å². The van der Waals surface area contributed by atoms with Crippen molar-refractivity contribution < 1.29 is 27.5 Å². The SMILES string of the molecule is CCC1(C)C=C(OC)C=CC1[NH3+].[Br-]. The van der Waals surface area contributed by atoms with Crippen molar-refractivity contribution >= 4 is 0 Å². The van der Waals surface area contributed by atoms with Crippen molar-refractivity contribution in [1.29, 1.82) is 0 Å². The van der Waals surface area contributed by atoms with E-state index in [1.54, 1.807) is 7.11 Å². The first-order valence-electron chi connectivity index (χ1n) is 4.40. The van der Waals surface area contributed by atoms with Gasteiger partial charge in [-0.25, -0.2) is 0 Å². The molecule has 13 heavy (non-hydrogen) atoms. The van der Waals surface area contributed by atoms with E-state index in [-0.39, 0.29) is 22.4 Å². The van der Waals surface area contributed by atoms with Gasteiger partial charge in [0.25, 0.3) is 0 Å². The van der Waals surface area contributed by atoms with Gasteiger partial charge in [-0.3, -0.25) is 0 Å². The quantitative estimate of drug-likeness (QED) is 0.610. The lowest BCUT2D eigenvalue weighted by Crippen LogP contribution is -3.00. The summed E-state index contributed by atoms with van der Waals surface area (Å²) in [6.07, 6.45) is 7.38. The molecule has 76 valence electrons. The van der Waals surface area contributed by atoms with Crippen molar-refractivity contribution in [2.75, 3.05) is 7.11 Å². The normalized spacial score (nSPS) is 32.0. The van der Waals surface area contributed by atoms with Gasteiger partial charge in [-0.2, -0.15) is 0 Å². The molecule has 1 aliphatic carbocycles. The monoisotopic (exact) mass is 247 g/mol. The largest absolute Gasteiger partial charge is 1.00 e. The van der Waals surface area contributed by atoms with Crippen LogP contribution in [0.4, 0.5) is 0 Å². The summed E-state index contributed by atoms with van der Waals surface area (Å²) >= 11 is 0. The third-order valence-corrected chi connectivity index (χ3v) is 2.81. The van der Waals surface area contributed by atoms with E-state index >= 15 is 0 Å². The van der Waals surface area contributed by atoms with E-state index in [4.69, 9.17) is 4.74 Å². The van der Waals surface area contributed by atoms with E-state index in [2.05, 4.69) is 31.7 Å². The Bertz CT molecular complexity index is 225. The van der Waals surface area contributed by atoms with Crippen molar-refractivity contribution in [3.63, 3.8) is 0 Å². The Morgan fingerprint density at radius 3 is 2.69 bits per heavy atom. The standard InChI is InChI=1S/C10H17NO.BrH/c1-4-10(2)7-8(12-3)5-6-9(10)11;/h5-7,9H,4,11H2,1-3H3;1H. The van der Waals surface area contributed by atoms with Crippen LogP contribution < -0.4 is 22.7 Å². The van der Waals surface area contributed by atoms with Gasteiger partial charge in [0, 0.05) is 5.41 Å². The van der Waals surface area contributed by atoms with E-state index in [0.29, 0.717) is 6.04 Å². The molecule has 0 fully saturated rings. The number of rotatable bonds is 2. The Hall–Kier alpha value is -0.280. The molecule has 0 aromatic rings. The second-order valence-electron chi connectivity index (χ2n) is 3.58. The molecule has 0 aromatic heterocycles. The highest BCUT2D eigenvalue weighted by molar-refractivity contribution is 5.24. The molecule has 0 amide bonds. The average Bonchev–Trinajstić information content (AvgIpc) is 2.10. The lowest BCUT2D eigenvalue weighted by Gasteiger charge is -2.29. The zero-order chi connectivity index (χ0) is 9.19. The summed E-state index contributed by atoms with van der Waals surface area (Å²) in [6.45, 7) is 4.40. The predicted molar refractivity (Wildman–Crippen MR) is 49.3 cm³/mol. The lowest BCUT2D eigenvalue weighted by atomic mass is 9.77. The number of methoxy groups -OCH3 is 1. The number of hydrogen-bond donors (Lipinski definition) is 1. The van der Waals surface area contributed by atoms with E-state index in [1.165, 1.54) is 0 Å². The molecule has 0 aliphatic heterocycles. The number of halogens is 1. The summed E-state index contributed by atoms with van der Waals surface area (Å²) in [5.41, 5.74) is 4.27. The Kier molecular flexibility index (Phi) is 4.71. The molecule has 0 spiro atoms. The molecule has 0 saturated heterocycles. The number of quaternary nitrogens is 1. The third-order valence-electron chi connectivity index (χ3n) is 2.81. The predicted octanol–water partition coefficient (Wildman–Crippen LogP) is -1.88. The third kappa shape index (κ3) is 2.58. The number of allylic oxidation sites excluding steroid dienone is 1. The van der Waals surface area contributed by atoms with Crippen LogP contribution in [-0.2, 0) is 4.74 Å². The highest BCUT2D eigenvalue weighted by Crippen LogP contribution is 2.31. The number of hydrogen-bond acceptors (Lipinski definition) is 1. The molecule has 0 saturated carbocycles. The summed E-state index contributed by atoms with van der Waals surface area (Å²) in [7, 11) is 1.70. The van der Waals surface area contributed by atoms with Crippen LogP contribution in [0, 0.1) is 5.41 Å². The molecule has 0 aromatic carbocycles. The molecule has 2 unspecified atom stereocenters. The van der Waals surface area contributed by atoms with E-state index in [9.17, 15) is 0 Å². The highest BCUT2D eigenvalue weighted by atomic mass is 79.9. The molecule has 1 rings (SSSR count). The van der Waals surface area contributed by atoms with Gasteiger partial charge in [0.05, 0.1) is 7.11 Å². The van der Waals surface area contributed by atoms with E-state index in [1.807, 2.05) is 6.08 Å². The van der Waals surface area contributed by atoms with Crippen LogP contribution in [0.3, 0.4) is 0 Å². The van der Waals surface area contributed by atoms with E-state index < -0.39 is 0 Å². The molecule has 0 bridgehead atoms. The van der Waals surface area contributed by atoms with Gasteiger partial charge in [0.15, 0.2) is 0 Å². The first kappa shape index (κ1) is 12.7. The Morgan fingerprint density at radius 2 is 2.23 bits per heavy atom. The van der Waals surface area contributed by atoms with Gasteiger partial charge < -0.3 is 27.5 Å². The Morgan fingerprint density at radius 1 is 1.62 bits per heavy atom. The van der Waals surface area contributed by atoms with Gasteiger partial charge in [-0.15, -0.1) is 0 Å². The maximum Gasteiger partial charge on any atom is 0.115 e. The Balaban J connectivity index is 0.00000144. The van der Waals surface area contributed by atoms with Crippen molar-refractivity contribution in [3.05, 3.63) is 24.0 Å². The first-order valence-corrected chi connectivity index (χ1v) is 4.40. The molecular weight excluding hydrogens is 230 g/mol. The zero-order valence-electron chi connectivity index (χ0n) is 8.51. The van der Waals surface area contributed by atoms with Crippen LogP contribution in [0.1, 0.15) is 20.3 Å². The van der Waals surface area contributed by atoms with Crippen molar-refractivity contribution in [1.82, 2.24) is 0 Å². The van der Waals surface area contributed by atoms with Gasteiger partial charge in [-0.1, -0.05) is 6.92 Å². The minimum absolute atomic E-state index is 0. The van der Waals surface area contributed by atoms with Crippen LogP contribution in [0.2, 0.25) is 0 Å². The molecule has 3 heteroatoms. The Labute approximate surface area is 90.6 Å². The molecule has 1 aliphatic rings. The molecule has 2 atom stereocenters. The summed E-state index contributed by atoms with van der Waals surface area (Å²) in [6, 6.07) is 0.362. The maximum absolute atomic E-state index is 5.18. The molecule has 2 nitrogen and oxygen atoms in total. The maximum atomic E-state index is 5.18. The minimum Gasteiger partial charge on any atom is -1.00 e. The van der Waals surface area contributed by atoms with Crippen LogP contribution in [-0.4, -0.2) is 13.2 Å². The van der Waals surface area contributed by atoms with Crippen molar-refractivity contribution in [2.24, 2.45) is 5.41 Å². The summed E-state index contributed by atoms with van der Waals surface area (Å²) in [4.78, 5) is 0. The van der Waals surface area contributed by atoms with Crippen LogP contribution in [0.25, 0.3) is 0 Å². The van der Waals surface area contributed by atoms with Crippen molar-refractivity contribution in [2.45, 2.75) is 26.3 Å². The average molecular weight is 248 g/mol. The highest BCUT2D eigenvalue weighted by Gasteiger charge is 2.32. The van der Waals surface area contributed by atoms with Crippen LogP contribution in [0.15, 0.2) is 24.0 Å². The fourth-order valence-corrected chi connectivity index (χ4v) is 1.40. The summed E-state index contributed by atoms with van der Waals surface area (Å²) in [5.74, 6) is 0.958. The fourth-order valence-electron chi connectivity index (χ4n) is 1.40. The smallest absolute Gasteiger partial charge is 0.115 e. The van der Waals surface area contributed by atoms with Gasteiger partial charge in [0.1, 0.15) is 11.8 Å². The first-order chi connectivity index (χ1) is 5.62. The number of ether oxygens (including phenoxy) is 1. The second kappa shape index (κ2) is 4.82. The molecular formula is C10H18BrNO. The van der Waals surface area contributed by atoms with Gasteiger partial charge in [0.2, 0.25) is 0 Å². The minimum atomic E-state index is 0. The zero-order valence-corrected chi connectivity index (χ0v) is 10.1. The fraction of sp³-hybridized carbons (Fsp3) is 0.600. The summed E-state index contributed by atoms with van der Waals surface area (Å²) in [5, 5.41) is 0. The van der Waals surface area contributed by atoms with Gasteiger partial charge >= 0.3 is 0 Å². The van der Waals surface area contributed by atoms with Crippen LogP contribution in [0.5, 0.6) is 0 Å². The molecule has 0 radical (unpaired) electrons. The van der Waals surface area contributed by atoms with Gasteiger partial charge in [-0.05, 0) is 31.6 Å². The lowest BCUT2D eigenvalue weighted by molar-refractivity contribution is -0.425. The molecule has 0 heterocycles. The van der Waals surface area contributed by atoms with Crippen LogP contribution >= 0.6 is 0 Å². The summed E-state index contributed by atoms with van der Waals surface area (Å²) < 4.78 is 5.18. The van der Waals surface area contributed by atoms with E-state index in [0.717, 1.165) is 12.2 Å². The second-order valence-corrected chi connectivity index (χ2v) is 3.58.